The van der Waals surface area contributed by atoms with Crippen LogP contribution in [0.4, 0.5) is 5.82 Å². The number of halogens is 2. The molecule has 0 saturated carbocycles. The van der Waals surface area contributed by atoms with Crippen molar-refractivity contribution in [2.24, 2.45) is 5.92 Å². The molecule has 2 unspecified atom stereocenters. The molecule has 2 aromatic rings. The number of amides is 1. The first-order valence-corrected chi connectivity index (χ1v) is 9.74. The molecule has 2 N–H and O–H groups in total. The highest BCUT2D eigenvalue weighted by Gasteiger charge is 2.20. The highest BCUT2D eigenvalue weighted by molar-refractivity contribution is 7.09. The zero-order chi connectivity index (χ0) is 19.8. The topological polar surface area (TPSA) is 76.1 Å². The number of hydrogen-bond donors (Lipinski definition) is 2. The van der Waals surface area contributed by atoms with Crippen molar-refractivity contribution in [1.29, 1.82) is 0 Å². The lowest BCUT2D eigenvalue weighted by molar-refractivity contribution is -0.122. The van der Waals surface area contributed by atoms with E-state index in [1.165, 1.54) is 0 Å². The molecular weight excluding hydrogens is 406 g/mol. The molecule has 146 valence electrons. The van der Waals surface area contributed by atoms with E-state index in [0.717, 1.165) is 5.56 Å². The maximum atomic E-state index is 12.7. The van der Waals surface area contributed by atoms with E-state index in [1.807, 2.05) is 12.1 Å². The number of nitrogens with one attached hydrogen (secondary N) is 2. The predicted octanol–water partition coefficient (Wildman–Crippen LogP) is 4.23. The summed E-state index contributed by atoms with van der Waals surface area (Å²) in [6, 6.07) is 8.62. The number of anilines is 1. The summed E-state index contributed by atoms with van der Waals surface area (Å²) in [5.41, 5.74) is 1.60. The molecule has 6 nitrogen and oxygen atoms in total. The van der Waals surface area contributed by atoms with Gasteiger partial charge in [-0.15, -0.1) is 0 Å². The fourth-order valence-corrected chi connectivity index (χ4v) is 2.99. The monoisotopic (exact) mass is 428 g/mol. The van der Waals surface area contributed by atoms with Crippen molar-refractivity contribution in [2.45, 2.75) is 39.5 Å². The maximum absolute atomic E-state index is 12.7. The zero-order valence-electron chi connectivity index (χ0n) is 15.2. The molecule has 1 amide bonds. The smallest absolute Gasteiger partial charge is 0.242 e. The van der Waals surface area contributed by atoms with Crippen LogP contribution in [0.3, 0.4) is 0 Å². The van der Waals surface area contributed by atoms with E-state index in [9.17, 15) is 4.79 Å². The quantitative estimate of drug-likeness (QED) is 0.461. The number of carbonyl (C=O) groups excluding carboxylic acids is 1. The highest BCUT2D eigenvalue weighted by Crippen LogP contribution is 2.16. The molecule has 0 aliphatic carbocycles. The van der Waals surface area contributed by atoms with Gasteiger partial charge in [0.25, 0.3) is 0 Å². The normalized spacial score (nSPS) is 12.1. The Hall–Kier alpha value is -1.46. The van der Waals surface area contributed by atoms with Crippen LogP contribution in [0.25, 0.3) is 0 Å². The van der Waals surface area contributed by atoms with Crippen LogP contribution in [0.2, 0.25) is 10.3 Å². The van der Waals surface area contributed by atoms with Gasteiger partial charge in [-0.25, -0.2) is 9.97 Å². The molecule has 1 aromatic heterocycles. The Labute approximate surface area is 171 Å². The zero-order valence-corrected chi connectivity index (χ0v) is 17.9. The van der Waals surface area contributed by atoms with Crippen LogP contribution >= 0.6 is 32.7 Å². The Morgan fingerprint density at radius 3 is 2.56 bits per heavy atom. The third kappa shape index (κ3) is 7.59. The Morgan fingerprint density at radius 2 is 1.93 bits per heavy atom. The van der Waals surface area contributed by atoms with Gasteiger partial charge in [-0.05, 0) is 41.6 Å². The number of rotatable bonds is 9. The number of carbonyl (C=O) groups is 1. The minimum absolute atomic E-state index is 0.0990. The lowest BCUT2D eigenvalue weighted by Gasteiger charge is -2.21. The van der Waals surface area contributed by atoms with Crippen molar-refractivity contribution in [3.05, 3.63) is 51.9 Å². The summed E-state index contributed by atoms with van der Waals surface area (Å²) in [7, 11) is 2.16. The standard InChI is InChI=1S/C18H23Cl2N4O2P/c1-11(2)7-15(17(25)21-9-12-3-5-13(19)6-4-12)23-16-8-14(10-26-27)22-18(20)24-16/h3-6,8,11,15H,7,9-10,27H2,1-2H3,(H,21,25)(H,22,23,24). The van der Waals surface area contributed by atoms with E-state index < -0.39 is 6.04 Å². The van der Waals surface area contributed by atoms with E-state index in [4.69, 9.17) is 27.7 Å². The SMILES string of the molecule is CC(C)CC(Nc1cc(COP)nc(Cl)n1)C(=O)NCc1ccc(Cl)cc1. The Balaban J connectivity index is 2.07. The minimum Gasteiger partial charge on any atom is -0.359 e. The van der Waals surface area contributed by atoms with Crippen LogP contribution in [0, 0.1) is 5.92 Å². The van der Waals surface area contributed by atoms with Crippen molar-refractivity contribution in [2.75, 3.05) is 5.32 Å². The summed E-state index contributed by atoms with van der Waals surface area (Å²) in [6.45, 7) is 4.81. The molecule has 1 aromatic carbocycles. The first-order valence-electron chi connectivity index (χ1n) is 8.51. The maximum Gasteiger partial charge on any atom is 0.242 e. The third-order valence-corrected chi connectivity index (χ3v) is 4.30. The second kappa shape index (κ2) is 10.8. The van der Waals surface area contributed by atoms with Gasteiger partial charge in [0, 0.05) is 27.1 Å². The van der Waals surface area contributed by atoms with E-state index in [2.05, 4.69) is 43.9 Å². The largest absolute Gasteiger partial charge is 0.359 e. The predicted molar refractivity (Wildman–Crippen MR) is 112 cm³/mol. The van der Waals surface area contributed by atoms with Crippen molar-refractivity contribution >= 4 is 44.4 Å². The second-order valence-corrected chi connectivity index (χ2v) is 7.60. The number of benzene rings is 1. The van der Waals surface area contributed by atoms with E-state index in [0.29, 0.717) is 35.4 Å². The highest BCUT2D eigenvalue weighted by atomic mass is 35.5. The Morgan fingerprint density at radius 1 is 1.22 bits per heavy atom. The first-order chi connectivity index (χ1) is 12.9. The van der Waals surface area contributed by atoms with Crippen LogP contribution in [0.1, 0.15) is 31.5 Å². The molecule has 2 atom stereocenters. The van der Waals surface area contributed by atoms with Gasteiger partial charge in [-0.1, -0.05) is 37.6 Å². The average Bonchev–Trinajstić information content (AvgIpc) is 2.60. The molecule has 0 spiro atoms. The van der Waals surface area contributed by atoms with Gasteiger partial charge in [-0.2, -0.15) is 0 Å². The number of hydrogen-bond acceptors (Lipinski definition) is 5. The van der Waals surface area contributed by atoms with Crippen LogP contribution in [-0.4, -0.2) is 21.9 Å². The third-order valence-electron chi connectivity index (χ3n) is 3.71. The molecule has 9 heteroatoms. The first kappa shape index (κ1) is 21.8. The molecule has 27 heavy (non-hydrogen) atoms. The van der Waals surface area contributed by atoms with Crippen LogP contribution < -0.4 is 10.6 Å². The molecule has 2 rings (SSSR count). The molecule has 1 heterocycles. The Bertz CT molecular complexity index is 760. The molecule has 0 saturated heterocycles. The van der Waals surface area contributed by atoms with Gasteiger partial charge in [-0.3, -0.25) is 4.79 Å². The van der Waals surface area contributed by atoms with Crippen LogP contribution in [0.15, 0.2) is 30.3 Å². The van der Waals surface area contributed by atoms with Crippen molar-refractivity contribution in [3.63, 3.8) is 0 Å². The van der Waals surface area contributed by atoms with Gasteiger partial charge in [0.1, 0.15) is 11.9 Å². The van der Waals surface area contributed by atoms with Crippen molar-refractivity contribution in [3.8, 4) is 0 Å². The fraction of sp³-hybridized carbons (Fsp3) is 0.389. The summed E-state index contributed by atoms with van der Waals surface area (Å²) in [4.78, 5) is 21.0. The summed E-state index contributed by atoms with van der Waals surface area (Å²) >= 11 is 11.9. The van der Waals surface area contributed by atoms with Gasteiger partial charge in [0.2, 0.25) is 11.2 Å². The molecule has 0 aliphatic rings. The van der Waals surface area contributed by atoms with Crippen molar-refractivity contribution in [1.82, 2.24) is 15.3 Å². The van der Waals surface area contributed by atoms with Crippen LogP contribution in [-0.2, 0) is 22.5 Å². The van der Waals surface area contributed by atoms with E-state index in [1.54, 1.807) is 18.2 Å². The minimum atomic E-state index is -0.451. The van der Waals surface area contributed by atoms with Gasteiger partial charge in [0.15, 0.2) is 0 Å². The van der Waals surface area contributed by atoms with Gasteiger partial charge < -0.3 is 15.2 Å². The molecular formula is C18H23Cl2N4O2P. The van der Waals surface area contributed by atoms with Crippen molar-refractivity contribution < 1.29 is 9.32 Å². The number of nitrogens with zero attached hydrogens (tertiary/aromatic N) is 2. The fourth-order valence-electron chi connectivity index (χ4n) is 2.49. The van der Waals surface area contributed by atoms with E-state index >= 15 is 0 Å². The molecule has 0 radical (unpaired) electrons. The summed E-state index contributed by atoms with van der Waals surface area (Å²) in [5, 5.41) is 6.87. The van der Waals surface area contributed by atoms with Gasteiger partial charge in [0.05, 0.1) is 12.3 Å². The summed E-state index contributed by atoms with van der Waals surface area (Å²) in [5.74, 6) is 0.688. The second-order valence-electron chi connectivity index (χ2n) is 6.50. The molecule has 0 aliphatic heterocycles. The van der Waals surface area contributed by atoms with Gasteiger partial charge >= 0.3 is 0 Å². The molecule has 0 bridgehead atoms. The summed E-state index contributed by atoms with van der Waals surface area (Å²) < 4.78 is 5.00. The molecule has 0 fully saturated rings. The lowest BCUT2D eigenvalue weighted by atomic mass is 10.0. The van der Waals surface area contributed by atoms with E-state index in [-0.39, 0.29) is 17.8 Å². The lowest BCUT2D eigenvalue weighted by Crippen LogP contribution is -2.40. The summed E-state index contributed by atoms with van der Waals surface area (Å²) in [6.07, 6.45) is 0.642. The number of aromatic nitrogens is 2. The Kier molecular flexibility index (Phi) is 8.71. The van der Waals surface area contributed by atoms with Crippen LogP contribution in [0.5, 0.6) is 0 Å². The average molecular weight is 429 g/mol.